The van der Waals surface area contributed by atoms with Gasteiger partial charge in [-0.1, -0.05) is 5.16 Å². The van der Waals surface area contributed by atoms with E-state index in [-0.39, 0.29) is 24.3 Å². The number of nitrogens with zero attached hydrogens (tertiary/aromatic N) is 5. The molecule has 0 bridgehead atoms. The van der Waals surface area contributed by atoms with Crippen molar-refractivity contribution in [2.45, 2.75) is 26.3 Å². The molecule has 0 spiro atoms. The van der Waals surface area contributed by atoms with Gasteiger partial charge in [0.15, 0.2) is 5.82 Å². The summed E-state index contributed by atoms with van der Waals surface area (Å²) in [5.74, 6) is 1.27. The van der Waals surface area contributed by atoms with Gasteiger partial charge in [-0.25, -0.2) is 0 Å². The molecule has 3 heterocycles. The van der Waals surface area contributed by atoms with Crippen molar-refractivity contribution in [1.82, 2.24) is 24.8 Å². The predicted octanol–water partition coefficient (Wildman–Crippen LogP) is -0.0928. The number of hydrogen-bond acceptors (Lipinski definition) is 7. The Morgan fingerprint density at radius 1 is 1.19 bits per heavy atom. The van der Waals surface area contributed by atoms with Crippen molar-refractivity contribution in [3.8, 4) is 0 Å². The zero-order valence-electron chi connectivity index (χ0n) is 15.5. The lowest BCUT2D eigenvalue weighted by Crippen LogP contribution is -2.53. The standard InChI is InChI=1S/C17H27N5O4/c1-13-18-15(19-26-13)11-20-6-8-21(9-7-20)17(24)14-4-3-5-22(10-14)16(23)12-25-2/h14H,3-12H2,1-2H3. The molecule has 26 heavy (non-hydrogen) atoms. The van der Waals surface area contributed by atoms with Crippen molar-refractivity contribution in [2.75, 3.05) is 53.0 Å². The number of hydrogen-bond donors (Lipinski definition) is 0. The van der Waals surface area contributed by atoms with Gasteiger partial charge in [-0.2, -0.15) is 4.98 Å². The van der Waals surface area contributed by atoms with Crippen LogP contribution in [-0.2, 0) is 20.9 Å². The number of aromatic nitrogens is 2. The van der Waals surface area contributed by atoms with Crippen molar-refractivity contribution in [1.29, 1.82) is 0 Å². The predicted molar refractivity (Wildman–Crippen MR) is 92.1 cm³/mol. The third-order valence-electron chi connectivity index (χ3n) is 5.01. The molecule has 1 aromatic heterocycles. The van der Waals surface area contributed by atoms with Gasteiger partial charge in [0.05, 0.1) is 12.5 Å². The maximum absolute atomic E-state index is 12.8. The van der Waals surface area contributed by atoms with Crippen LogP contribution >= 0.6 is 0 Å². The Hall–Kier alpha value is -2.00. The number of amides is 2. The Labute approximate surface area is 153 Å². The first-order chi connectivity index (χ1) is 12.6. The van der Waals surface area contributed by atoms with Crippen molar-refractivity contribution < 1.29 is 18.8 Å². The number of methoxy groups -OCH3 is 1. The van der Waals surface area contributed by atoms with Crippen LogP contribution in [0, 0.1) is 12.8 Å². The highest BCUT2D eigenvalue weighted by atomic mass is 16.5. The van der Waals surface area contributed by atoms with E-state index in [9.17, 15) is 9.59 Å². The minimum Gasteiger partial charge on any atom is -0.375 e. The largest absolute Gasteiger partial charge is 0.375 e. The topological polar surface area (TPSA) is 92.0 Å². The number of aryl methyl sites for hydroxylation is 1. The smallest absolute Gasteiger partial charge is 0.248 e. The molecule has 0 saturated carbocycles. The minimum absolute atomic E-state index is 0.0368. The van der Waals surface area contributed by atoms with E-state index < -0.39 is 0 Å². The molecular formula is C17H27N5O4. The molecule has 0 aliphatic carbocycles. The molecule has 2 fully saturated rings. The highest BCUT2D eigenvalue weighted by Crippen LogP contribution is 2.20. The van der Waals surface area contributed by atoms with E-state index in [0.29, 0.717) is 44.4 Å². The van der Waals surface area contributed by atoms with Crippen LogP contribution in [0.4, 0.5) is 0 Å². The van der Waals surface area contributed by atoms with Gasteiger partial charge in [-0.3, -0.25) is 14.5 Å². The third-order valence-corrected chi connectivity index (χ3v) is 5.01. The maximum Gasteiger partial charge on any atom is 0.248 e. The average Bonchev–Trinajstić information content (AvgIpc) is 3.07. The second kappa shape index (κ2) is 8.59. The van der Waals surface area contributed by atoms with Crippen molar-refractivity contribution >= 4 is 11.8 Å². The number of piperazine rings is 1. The molecule has 0 N–H and O–H groups in total. The van der Waals surface area contributed by atoms with Crippen LogP contribution in [0.2, 0.25) is 0 Å². The lowest BCUT2D eigenvalue weighted by Gasteiger charge is -2.38. The Bertz CT molecular complexity index is 626. The summed E-state index contributed by atoms with van der Waals surface area (Å²) >= 11 is 0. The summed E-state index contributed by atoms with van der Waals surface area (Å²) in [5.41, 5.74) is 0. The van der Waals surface area contributed by atoms with E-state index in [1.807, 2.05) is 4.90 Å². The molecule has 2 amide bonds. The van der Waals surface area contributed by atoms with E-state index in [1.165, 1.54) is 7.11 Å². The average molecular weight is 365 g/mol. The summed E-state index contributed by atoms with van der Waals surface area (Å²) in [6.45, 7) is 6.68. The van der Waals surface area contributed by atoms with E-state index in [0.717, 1.165) is 25.9 Å². The van der Waals surface area contributed by atoms with E-state index >= 15 is 0 Å². The molecule has 3 rings (SSSR count). The van der Waals surface area contributed by atoms with Crippen LogP contribution in [-0.4, -0.2) is 89.6 Å². The number of piperidine rings is 1. The van der Waals surface area contributed by atoms with E-state index in [2.05, 4.69) is 15.0 Å². The number of carbonyl (C=O) groups excluding carboxylic acids is 2. The van der Waals surface area contributed by atoms with Gasteiger partial charge in [0.1, 0.15) is 6.61 Å². The summed E-state index contributed by atoms with van der Waals surface area (Å²) in [6.07, 6.45) is 1.71. The highest BCUT2D eigenvalue weighted by Gasteiger charge is 2.32. The molecule has 1 atom stereocenters. The molecular weight excluding hydrogens is 338 g/mol. The van der Waals surface area contributed by atoms with E-state index in [1.54, 1.807) is 11.8 Å². The Morgan fingerprint density at radius 3 is 2.62 bits per heavy atom. The molecule has 2 aliphatic rings. The van der Waals surface area contributed by atoms with Crippen LogP contribution in [0.3, 0.4) is 0 Å². The van der Waals surface area contributed by atoms with Crippen LogP contribution in [0.15, 0.2) is 4.52 Å². The number of carbonyl (C=O) groups is 2. The number of rotatable bonds is 5. The van der Waals surface area contributed by atoms with Crippen molar-refractivity contribution in [3.63, 3.8) is 0 Å². The van der Waals surface area contributed by atoms with Crippen LogP contribution < -0.4 is 0 Å². The lowest BCUT2D eigenvalue weighted by atomic mass is 9.96. The molecule has 1 unspecified atom stereocenters. The molecule has 9 heteroatoms. The van der Waals surface area contributed by atoms with Crippen molar-refractivity contribution in [2.24, 2.45) is 5.92 Å². The molecule has 2 aliphatic heterocycles. The van der Waals surface area contributed by atoms with Gasteiger partial charge in [-0.15, -0.1) is 0 Å². The van der Waals surface area contributed by atoms with Gasteiger partial charge in [0.2, 0.25) is 17.7 Å². The molecule has 9 nitrogen and oxygen atoms in total. The van der Waals surface area contributed by atoms with Crippen LogP contribution in [0.5, 0.6) is 0 Å². The Morgan fingerprint density at radius 2 is 1.96 bits per heavy atom. The summed E-state index contributed by atoms with van der Waals surface area (Å²) in [4.78, 5) is 35.0. The zero-order chi connectivity index (χ0) is 18.5. The van der Waals surface area contributed by atoms with Gasteiger partial charge in [0.25, 0.3) is 0 Å². The van der Waals surface area contributed by atoms with Gasteiger partial charge >= 0.3 is 0 Å². The normalized spacial score (nSPS) is 21.8. The summed E-state index contributed by atoms with van der Waals surface area (Å²) in [5, 5.41) is 3.92. The summed E-state index contributed by atoms with van der Waals surface area (Å²) in [6, 6.07) is 0. The molecule has 2 saturated heterocycles. The van der Waals surface area contributed by atoms with Gasteiger partial charge < -0.3 is 19.1 Å². The number of likely N-dealkylation sites (tertiary alicyclic amines) is 1. The Kier molecular flexibility index (Phi) is 6.20. The van der Waals surface area contributed by atoms with Crippen molar-refractivity contribution in [3.05, 3.63) is 11.7 Å². The zero-order valence-corrected chi connectivity index (χ0v) is 15.5. The summed E-state index contributed by atoms with van der Waals surface area (Å²) in [7, 11) is 1.51. The Balaban J connectivity index is 1.47. The van der Waals surface area contributed by atoms with Crippen LogP contribution in [0.1, 0.15) is 24.6 Å². The SMILES string of the molecule is COCC(=O)N1CCCC(C(=O)N2CCN(Cc3noc(C)n3)CC2)C1. The van der Waals surface area contributed by atoms with Gasteiger partial charge in [-0.05, 0) is 12.8 Å². The molecule has 0 aromatic carbocycles. The van der Waals surface area contributed by atoms with Crippen LogP contribution in [0.25, 0.3) is 0 Å². The van der Waals surface area contributed by atoms with Gasteiger partial charge in [0, 0.05) is 53.3 Å². The molecule has 1 aromatic rings. The summed E-state index contributed by atoms with van der Waals surface area (Å²) < 4.78 is 9.92. The number of ether oxygens (including phenoxy) is 1. The molecule has 144 valence electrons. The maximum atomic E-state index is 12.8. The monoisotopic (exact) mass is 365 g/mol. The quantitative estimate of drug-likeness (QED) is 0.720. The first kappa shape index (κ1) is 18.8. The molecule has 0 radical (unpaired) electrons. The second-order valence-electron chi connectivity index (χ2n) is 6.94. The fourth-order valence-electron chi connectivity index (χ4n) is 3.61. The first-order valence-electron chi connectivity index (χ1n) is 9.14. The lowest BCUT2D eigenvalue weighted by molar-refractivity contribution is -0.143. The van der Waals surface area contributed by atoms with E-state index in [4.69, 9.17) is 9.26 Å². The minimum atomic E-state index is -0.101. The second-order valence-corrected chi connectivity index (χ2v) is 6.94. The fraction of sp³-hybridized carbons (Fsp3) is 0.765. The third kappa shape index (κ3) is 4.59. The highest BCUT2D eigenvalue weighted by molar-refractivity contribution is 5.82. The first-order valence-corrected chi connectivity index (χ1v) is 9.14. The fourth-order valence-corrected chi connectivity index (χ4v) is 3.61.